The summed E-state index contributed by atoms with van der Waals surface area (Å²) >= 11 is 1.57. The van der Waals surface area contributed by atoms with E-state index in [0.29, 0.717) is 28.2 Å². The molecule has 150 valence electrons. The van der Waals surface area contributed by atoms with Gasteiger partial charge in [0.05, 0.1) is 14.2 Å². The molecule has 0 saturated heterocycles. The number of ether oxygens (including phenoxy) is 3. The molecule has 0 radical (unpaired) electrons. The smallest absolute Gasteiger partial charge is 0.247 e. The van der Waals surface area contributed by atoms with Crippen molar-refractivity contribution in [2.45, 2.75) is 24.7 Å². The lowest BCUT2D eigenvalue weighted by Crippen LogP contribution is -2.17. The zero-order valence-electron chi connectivity index (χ0n) is 16.5. The third kappa shape index (κ3) is 3.93. The molecule has 3 aromatic rings. The quantitative estimate of drug-likeness (QED) is 0.593. The van der Waals surface area contributed by atoms with E-state index in [1.165, 1.54) is 0 Å². The first-order chi connectivity index (χ1) is 14.2. The lowest BCUT2D eigenvalue weighted by molar-refractivity contribution is 0.224. The second-order valence-electron chi connectivity index (χ2n) is 6.40. The van der Waals surface area contributed by atoms with Gasteiger partial charge >= 0.3 is 0 Å². The van der Waals surface area contributed by atoms with E-state index in [9.17, 15) is 0 Å². The molecule has 2 heterocycles. The molecule has 1 N–H and O–H groups in total. The lowest BCUT2D eigenvalue weighted by Gasteiger charge is -2.20. The van der Waals surface area contributed by atoms with Crippen LogP contribution in [0.25, 0.3) is 11.3 Å². The number of fused-ring (bicyclic) bond motifs is 3. The molecule has 0 saturated carbocycles. The number of hydrogen-bond acceptors (Lipinski definition) is 8. The topological polar surface area (TPSA) is 78.4 Å². The van der Waals surface area contributed by atoms with E-state index in [2.05, 4.69) is 27.4 Å². The first-order valence-corrected chi connectivity index (χ1v) is 10.3. The zero-order chi connectivity index (χ0) is 20.2. The third-order valence-corrected chi connectivity index (χ3v) is 5.52. The molecule has 1 aliphatic heterocycles. The van der Waals surface area contributed by atoms with Gasteiger partial charge in [0.25, 0.3) is 0 Å². The highest BCUT2D eigenvalue weighted by atomic mass is 32.2. The molecule has 0 aliphatic carbocycles. The molecule has 1 atom stereocenters. The Bertz CT molecular complexity index is 1010. The van der Waals surface area contributed by atoms with E-state index in [-0.39, 0.29) is 0 Å². The molecule has 0 unspecified atom stereocenters. The summed E-state index contributed by atoms with van der Waals surface area (Å²) in [5.41, 5.74) is 3.30. The number of rotatable bonds is 6. The number of aromatic nitrogens is 3. The minimum Gasteiger partial charge on any atom is -0.493 e. The summed E-state index contributed by atoms with van der Waals surface area (Å²) in [6.45, 7) is 2.12. The van der Waals surface area contributed by atoms with E-state index in [0.717, 1.165) is 29.0 Å². The number of anilines is 1. The minimum absolute atomic E-state index is 0.454. The molecule has 0 bridgehead atoms. The Morgan fingerprint density at radius 1 is 1.07 bits per heavy atom. The lowest BCUT2D eigenvalue weighted by atomic mass is 10.1. The number of nitrogens with one attached hydrogen (secondary N) is 1. The van der Waals surface area contributed by atoms with E-state index >= 15 is 0 Å². The Balaban J connectivity index is 1.77. The van der Waals surface area contributed by atoms with Crippen LogP contribution in [0.4, 0.5) is 5.69 Å². The van der Waals surface area contributed by atoms with Gasteiger partial charge in [0.1, 0.15) is 0 Å². The molecule has 4 rings (SSSR count). The van der Waals surface area contributed by atoms with Crippen LogP contribution in [0, 0.1) is 0 Å². The number of benzene rings is 2. The fraction of sp³-hybridized carbons (Fsp3) is 0.286. The van der Waals surface area contributed by atoms with Crippen LogP contribution in [-0.4, -0.2) is 35.2 Å². The van der Waals surface area contributed by atoms with Crippen molar-refractivity contribution in [3.8, 4) is 28.6 Å². The molecule has 7 nitrogen and oxygen atoms in total. The number of methoxy groups -OCH3 is 2. The fourth-order valence-electron chi connectivity index (χ4n) is 3.07. The van der Waals surface area contributed by atoms with Crippen LogP contribution in [0.3, 0.4) is 0 Å². The van der Waals surface area contributed by atoms with Crippen molar-refractivity contribution in [2.75, 3.05) is 25.3 Å². The second-order valence-corrected chi connectivity index (χ2v) is 7.46. The van der Waals surface area contributed by atoms with E-state index in [1.807, 2.05) is 42.5 Å². The maximum absolute atomic E-state index is 6.28. The van der Waals surface area contributed by atoms with Gasteiger partial charge in [-0.25, -0.2) is 0 Å². The van der Waals surface area contributed by atoms with Crippen molar-refractivity contribution >= 4 is 17.4 Å². The van der Waals surface area contributed by atoms with E-state index in [1.54, 1.807) is 26.0 Å². The van der Waals surface area contributed by atoms with Crippen LogP contribution in [0.5, 0.6) is 17.4 Å². The zero-order valence-corrected chi connectivity index (χ0v) is 17.3. The Morgan fingerprint density at radius 2 is 1.90 bits per heavy atom. The van der Waals surface area contributed by atoms with Crippen LogP contribution in [0.1, 0.15) is 25.1 Å². The molecule has 1 aromatic heterocycles. The average Bonchev–Trinajstić information content (AvgIpc) is 2.93. The number of hydrogen-bond donors (Lipinski definition) is 1. The standard InChI is InChI=1S/C21H22N4O3S/c1-4-11-29-21-23-20-18(24-25-21)14-7-5-6-8-15(14)22-19(28-20)13-9-10-16(26-2)17(12-13)27-3/h5-10,12,19,22H,4,11H2,1-3H3/t19-/m0/s1. The van der Waals surface area contributed by atoms with Crippen molar-refractivity contribution in [3.63, 3.8) is 0 Å². The van der Waals surface area contributed by atoms with Crippen molar-refractivity contribution in [1.29, 1.82) is 0 Å². The summed E-state index contributed by atoms with van der Waals surface area (Å²) in [4.78, 5) is 4.63. The SMILES string of the molecule is CCCSc1nnc2c(n1)O[C@@H](c1ccc(OC)c(OC)c1)Nc1ccccc1-2. The molecule has 2 aromatic carbocycles. The average molecular weight is 410 g/mol. The van der Waals surface area contributed by atoms with Crippen molar-refractivity contribution in [3.05, 3.63) is 48.0 Å². The Morgan fingerprint density at radius 3 is 2.69 bits per heavy atom. The largest absolute Gasteiger partial charge is 0.493 e. The number of nitrogens with zero attached hydrogens (tertiary/aromatic N) is 3. The highest BCUT2D eigenvalue weighted by Crippen LogP contribution is 2.40. The fourth-order valence-corrected chi connectivity index (χ4v) is 3.70. The summed E-state index contributed by atoms with van der Waals surface area (Å²) < 4.78 is 17.1. The van der Waals surface area contributed by atoms with E-state index < -0.39 is 6.23 Å². The van der Waals surface area contributed by atoms with Gasteiger partial charge in [-0.1, -0.05) is 36.9 Å². The monoisotopic (exact) mass is 410 g/mol. The summed E-state index contributed by atoms with van der Waals surface area (Å²) in [5, 5.41) is 12.7. The van der Waals surface area contributed by atoms with Crippen molar-refractivity contribution in [1.82, 2.24) is 15.2 Å². The van der Waals surface area contributed by atoms with Gasteiger partial charge in [-0.2, -0.15) is 4.98 Å². The predicted molar refractivity (Wildman–Crippen MR) is 113 cm³/mol. The molecule has 0 fully saturated rings. The third-order valence-electron chi connectivity index (χ3n) is 4.48. The number of thioether (sulfide) groups is 1. The van der Waals surface area contributed by atoms with Gasteiger partial charge in [0.2, 0.25) is 11.0 Å². The van der Waals surface area contributed by atoms with Crippen LogP contribution < -0.4 is 19.5 Å². The van der Waals surface area contributed by atoms with Crippen LogP contribution in [0.2, 0.25) is 0 Å². The Kier molecular flexibility index (Phi) is 5.71. The maximum Gasteiger partial charge on any atom is 0.247 e. The van der Waals surface area contributed by atoms with Gasteiger partial charge in [-0.05, 0) is 30.7 Å². The Hall–Kier alpha value is -3.00. The molecule has 8 heteroatoms. The van der Waals surface area contributed by atoms with Crippen LogP contribution >= 0.6 is 11.8 Å². The van der Waals surface area contributed by atoms with Crippen molar-refractivity contribution < 1.29 is 14.2 Å². The van der Waals surface area contributed by atoms with Gasteiger partial charge in [0, 0.05) is 22.6 Å². The number of para-hydroxylation sites is 1. The van der Waals surface area contributed by atoms with E-state index in [4.69, 9.17) is 14.2 Å². The van der Waals surface area contributed by atoms with Gasteiger partial charge in [-0.15, -0.1) is 10.2 Å². The minimum atomic E-state index is -0.474. The highest BCUT2D eigenvalue weighted by Gasteiger charge is 2.26. The van der Waals surface area contributed by atoms with Gasteiger partial charge in [0.15, 0.2) is 23.4 Å². The van der Waals surface area contributed by atoms with Crippen LogP contribution in [-0.2, 0) is 0 Å². The molecular weight excluding hydrogens is 388 g/mol. The second kappa shape index (κ2) is 8.57. The van der Waals surface area contributed by atoms with Gasteiger partial charge in [-0.3, -0.25) is 0 Å². The molecule has 0 amide bonds. The maximum atomic E-state index is 6.28. The molecule has 29 heavy (non-hydrogen) atoms. The summed E-state index contributed by atoms with van der Waals surface area (Å²) in [6.07, 6.45) is 0.558. The molecule has 1 aliphatic rings. The first kappa shape index (κ1) is 19.3. The summed E-state index contributed by atoms with van der Waals surface area (Å²) in [7, 11) is 3.23. The normalized spacial score (nSPS) is 14.7. The molecular formula is C21H22N4O3S. The first-order valence-electron chi connectivity index (χ1n) is 9.35. The summed E-state index contributed by atoms with van der Waals surface area (Å²) in [5.74, 6) is 2.67. The highest BCUT2D eigenvalue weighted by molar-refractivity contribution is 7.99. The van der Waals surface area contributed by atoms with Crippen molar-refractivity contribution in [2.24, 2.45) is 0 Å². The van der Waals surface area contributed by atoms with Crippen LogP contribution in [0.15, 0.2) is 47.6 Å². The predicted octanol–water partition coefficient (Wildman–Crippen LogP) is 4.56. The molecule has 0 spiro atoms. The summed E-state index contributed by atoms with van der Waals surface area (Å²) in [6, 6.07) is 13.6. The Labute approximate surface area is 173 Å². The van der Waals surface area contributed by atoms with Gasteiger partial charge < -0.3 is 19.5 Å².